The summed E-state index contributed by atoms with van der Waals surface area (Å²) in [6.45, 7) is 5.83. The third-order valence-corrected chi connectivity index (χ3v) is 6.19. The maximum Gasteiger partial charge on any atom is 0.223 e. The number of thioether (sulfide) groups is 1. The average Bonchev–Trinajstić information content (AvgIpc) is 2.89. The molecule has 3 nitrogen and oxygen atoms in total. The van der Waals surface area contributed by atoms with Crippen LogP contribution in [0, 0.1) is 11.8 Å². The lowest BCUT2D eigenvalue weighted by atomic mass is 9.94. The van der Waals surface area contributed by atoms with Crippen LogP contribution in [0.15, 0.2) is 0 Å². The summed E-state index contributed by atoms with van der Waals surface area (Å²) in [5.41, 5.74) is 5.74. The van der Waals surface area contributed by atoms with E-state index in [0.717, 1.165) is 38.6 Å². The van der Waals surface area contributed by atoms with E-state index >= 15 is 0 Å². The van der Waals surface area contributed by atoms with Gasteiger partial charge in [-0.1, -0.05) is 20.3 Å². The fourth-order valence-corrected chi connectivity index (χ4v) is 3.70. The molecule has 0 aromatic rings. The fraction of sp³-hybridized carbons (Fsp3) is 0.929. The Balaban J connectivity index is 0.00000324. The Kier molecular flexibility index (Phi) is 9.12. The second-order valence-corrected chi connectivity index (χ2v) is 6.62. The highest BCUT2D eigenvalue weighted by atomic mass is 35.5. The van der Waals surface area contributed by atoms with Gasteiger partial charge in [-0.05, 0) is 44.4 Å². The van der Waals surface area contributed by atoms with Crippen molar-refractivity contribution in [3.05, 3.63) is 0 Å². The van der Waals surface area contributed by atoms with E-state index in [9.17, 15) is 4.79 Å². The topological polar surface area (TPSA) is 55.1 Å². The molecule has 0 unspecified atom stereocenters. The summed E-state index contributed by atoms with van der Waals surface area (Å²) in [5, 5.41) is 3.17. The molecule has 1 aliphatic rings. The average molecular weight is 309 g/mol. The quantitative estimate of drug-likeness (QED) is 0.760. The standard InChI is InChI=1S/C14H28N2OS.ClH/c1-4-14(5-2,18-3)10-16-13(17)12-8-6-7-11(12)9-15;/h11-12H,4-10,15H2,1-3H3,(H,16,17);1H/t11-,12-;/m1./s1. The minimum absolute atomic E-state index is 0. The van der Waals surface area contributed by atoms with Crippen molar-refractivity contribution in [2.24, 2.45) is 17.6 Å². The zero-order chi connectivity index (χ0) is 13.6. The molecule has 0 aromatic carbocycles. The lowest BCUT2D eigenvalue weighted by Gasteiger charge is -2.30. The first-order valence-electron chi connectivity index (χ1n) is 7.15. The smallest absolute Gasteiger partial charge is 0.223 e. The van der Waals surface area contributed by atoms with Gasteiger partial charge in [-0.2, -0.15) is 11.8 Å². The third-order valence-electron chi connectivity index (χ3n) is 4.61. The zero-order valence-electron chi connectivity index (χ0n) is 12.4. The van der Waals surface area contributed by atoms with Gasteiger partial charge in [0.15, 0.2) is 0 Å². The highest BCUT2D eigenvalue weighted by Gasteiger charge is 2.33. The summed E-state index contributed by atoms with van der Waals surface area (Å²) in [4.78, 5) is 12.2. The van der Waals surface area contributed by atoms with Crippen LogP contribution >= 0.6 is 24.2 Å². The number of halogens is 1. The summed E-state index contributed by atoms with van der Waals surface area (Å²) >= 11 is 1.87. The largest absolute Gasteiger partial charge is 0.354 e. The molecule has 0 aliphatic heterocycles. The van der Waals surface area contributed by atoms with Gasteiger partial charge < -0.3 is 11.1 Å². The van der Waals surface area contributed by atoms with E-state index < -0.39 is 0 Å². The monoisotopic (exact) mass is 308 g/mol. The molecule has 0 radical (unpaired) electrons. The summed E-state index contributed by atoms with van der Waals surface area (Å²) in [6.07, 6.45) is 7.60. The molecule has 1 rings (SSSR count). The number of rotatable bonds is 7. The second kappa shape index (κ2) is 9.09. The van der Waals surface area contributed by atoms with Gasteiger partial charge in [0.1, 0.15) is 0 Å². The first kappa shape index (κ1) is 19.1. The van der Waals surface area contributed by atoms with Crippen LogP contribution in [0.5, 0.6) is 0 Å². The molecule has 19 heavy (non-hydrogen) atoms. The summed E-state index contributed by atoms with van der Waals surface area (Å²) < 4.78 is 0.201. The lowest BCUT2D eigenvalue weighted by molar-refractivity contribution is -0.126. The Morgan fingerprint density at radius 2 is 2.00 bits per heavy atom. The van der Waals surface area contributed by atoms with Crippen molar-refractivity contribution in [1.29, 1.82) is 0 Å². The summed E-state index contributed by atoms with van der Waals surface area (Å²) in [5.74, 6) is 0.781. The van der Waals surface area contributed by atoms with E-state index in [1.165, 1.54) is 0 Å². The molecular formula is C14H29ClN2OS. The minimum Gasteiger partial charge on any atom is -0.354 e. The van der Waals surface area contributed by atoms with Crippen LogP contribution < -0.4 is 11.1 Å². The first-order valence-corrected chi connectivity index (χ1v) is 8.37. The van der Waals surface area contributed by atoms with Gasteiger partial charge in [0.25, 0.3) is 0 Å². The fourth-order valence-electron chi connectivity index (χ4n) is 2.90. The van der Waals surface area contributed by atoms with E-state index in [4.69, 9.17) is 5.73 Å². The number of nitrogens with two attached hydrogens (primary N) is 1. The molecule has 1 amide bonds. The predicted octanol–water partition coefficient (Wildman–Crippen LogP) is 2.82. The van der Waals surface area contributed by atoms with Crippen LogP contribution in [-0.4, -0.2) is 30.0 Å². The van der Waals surface area contributed by atoms with Crippen LogP contribution in [0.3, 0.4) is 0 Å². The Hall–Kier alpha value is 0.0700. The van der Waals surface area contributed by atoms with Crippen molar-refractivity contribution >= 4 is 30.1 Å². The maximum absolute atomic E-state index is 12.2. The number of hydrogen-bond donors (Lipinski definition) is 2. The normalized spacial score (nSPS) is 22.9. The van der Waals surface area contributed by atoms with Gasteiger partial charge in [-0.15, -0.1) is 12.4 Å². The van der Waals surface area contributed by atoms with Gasteiger partial charge in [0, 0.05) is 17.2 Å². The first-order chi connectivity index (χ1) is 8.62. The highest BCUT2D eigenvalue weighted by Crippen LogP contribution is 2.32. The second-order valence-electron chi connectivity index (χ2n) is 5.35. The summed E-state index contributed by atoms with van der Waals surface area (Å²) in [7, 11) is 0. The molecule has 0 aromatic heterocycles. The Morgan fingerprint density at radius 1 is 1.37 bits per heavy atom. The van der Waals surface area contributed by atoms with Gasteiger partial charge in [0.05, 0.1) is 0 Å². The number of carbonyl (C=O) groups is 1. The van der Waals surface area contributed by atoms with Gasteiger partial charge in [-0.25, -0.2) is 0 Å². The maximum atomic E-state index is 12.2. The van der Waals surface area contributed by atoms with E-state index in [1.54, 1.807) is 0 Å². The van der Waals surface area contributed by atoms with Crippen LogP contribution in [0.2, 0.25) is 0 Å². The number of nitrogens with one attached hydrogen (secondary N) is 1. The number of amides is 1. The van der Waals surface area contributed by atoms with Crippen molar-refractivity contribution in [1.82, 2.24) is 5.32 Å². The zero-order valence-corrected chi connectivity index (χ0v) is 14.0. The van der Waals surface area contributed by atoms with Crippen molar-refractivity contribution < 1.29 is 4.79 Å². The van der Waals surface area contributed by atoms with Crippen molar-refractivity contribution in [3.63, 3.8) is 0 Å². The summed E-state index contributed by atoms with van der Waals surface area (Å²) in [6, 6.07) is 0. The molecule has 2 atom stereocenters. The molecule has 0 saturated heterocycles. The Labute approximate surface area is 128 Å². The van der Waals surface area contributed by atoms with Gasteiger partial charge in [0.2, 0.25) is 5.91 Å². The molecular weight excluding hydrogens is 280 g/mol. The molecule has 5 heteroatoms. The Morgan fingerprint density at radius 3 is 2.47 bits per heavy atom. The molecule has 114 valence electrons. The third kappa shape index (κ3) is 4.83. The van der Waals surface area contributed by atoms with E-state index in [-0.39, 0.29) is 29.0 Å². The molecule has 1 fully saturated rings. The molecule has 1 aliphatic carbocycles. The lowest BCUT2D eigenvalue weighted by Crippen LogP contribution is -2.43. The van der Waals surface area contributed by atoms with Crippen molar-refractivity contribution in [2.45, 2.75) is 50.7 Å². The van der Waals surface area contributed by atoms with Crippen molar-refractivity contribution in [3.8, 4) is 0 Å². The van der Waals surface area contributed by atoms with Crippen LogP contribution in [0.25, 0.3) is 0 Å². The van der Waals surface area contributed by atoms with Crippen LogP contribution in [-0.2, 0) is 4.79 Å². The van der Waals surface area contributed by atoms with Gasteiger partial charge >= 0.3 is 0 Å². The SMILES string of the molecule is CCC(CC)(CNC(=O)[C@@H]1CCC[C@@H]1CN)SC.Cl. The van der Waals surface area contributed by atoms with Crippen LogP contribution in [0.4, 0.5) is 0 Å². The predicted molar refractivity (Wildman–Crippen MR) is 87.0 cm³/mol. The highest BCUT2D eigenvalue weighted by molar-refractivity contribution is 8.00. The van der Waals surface area contributed by atoms with E-state index in [2.05, 4.69) is 25.4 Å². The van der Waals surface area contributed by atoms with Gasteiger partial charge in [-0.3, -0.25) is 4.79 Å². The molecule has 0 spiro atoms. The molecule has 0 bridgehead atoms. The molecule has 3 N–H and O–H groups in total. The van der Waals surface area contributed by atoms with Crippen LogP contribution in [0.1, 0.15) is 46.0 Å². The number of carbonyl (C=O) groups excluding carboxylic acids is 1. The molecule has 1 saturated carbocycles. The van der Waals surface area contributed by atoms with E-state index in [0.29, 0.717) is 12.5 Å². The molecule has 0 heterocycles. The van der Waals surface area contributed by atoms with E-state index in [1.807, 2.05) is 11.8 Å². The number of hydrogen-bond acceptors (Lipinski definition) is 3. The van der Waals surface area contributed by atoms with Crippen molar-refractivity contribution in [2.75, 3.05) is 19.3 Å². The Bertz CT molecular complexity index is 264. The minimum atomic E-state index is 0.